The van der Waals surface area contributed by atoms with Gasteiger partial charge in [0.15, 0.2) is 0 Å². The highest BCUT2D eigenvalue weighted by Crippen LogP contribution is 2.32. The predicted octanol–water partition coefficient (Wildman–Crippen LogP) is 4.83. The van der Waals surface area contributed by atoms with Crippen molar-refractivity contribution in [2.45, 2.75) is 13.8 Å². The molecule has 0 aliphatic heterocycles. The van der Waals surface area contributed by atoms with Gasteiger partial charge in [-0.05, 0) is 49.7 Å². The van der Waals surface area contributed by atoms with E-state index in [1.54, 1.807) is 0 Å². The van der Waals surface area contributed by atoms with Gasteiger partial charge in [-0.1, -0.05) is 17.7 Å². The van der Waals surface area contributed by atoms with Crippen LogP contribution in [0.1, 0.15) is 11.3 Å². The van der Waals surface area contributed by atoms with Gasteiger partial charge in [0.1, 0.15) is 0 Å². The Morgan fingerprint density at radius 3 is 2.62 bits per heavy atom. The highest BCUT2D eigenvalue weighted by atomic mass is 35.5. The Labute approximate surface area is 128 Å². The smallest absolute Gasteiger partial charge is 0.0466 e. The number of aryl methyl sites for hydroxylation is 2. The number of anilines is 3. The fourth-order valence-corrected chi connectivity index (χ4v) is 2.52. The molecule has 0 radical (unpaired) electrons. The maximum atomic E-state index is 6.08. The Morgan fingerprint density at radius 2 is 1.81 bits per heavy atom. The summed E-state index contributed by atoms with van der Waals surface area (Å²) in [6.45, 7) is 4.02. The van der Waals surface area contributed by atoms with Crippen molar-refractivity contribution in [2.24, 2.45) is 0 Å². The highest BCUT2D eigenvalue weighted by Gasteiger charge is 2.07. The van der Waals surface area contributed by atoms with Gasteiger partial charge in [-0.3, -0.25) is 4.98 Å². The summed E-state index contributed by atoms with van der Waals surface area (Å²) in [5.74, 6) is 0. The Balaban J connectivity index is 2.14. The van der Waals surface area contributed by atoms with E-state index in [1.165, 1.54) is 0 Å². The summed E-state index contributed by atoms with van der Waals surface area (Å²) in [4.78, 5) is 4.32. The van der Waals surface area contributed by atoms with Crippen LogP contribution in [0.2, 0.25) is 5.02 Å². The third kappa shape index (κ3) is 2.65. The van der Waals surface area contributed by atoms with Crippen LogP contribution >= 0.6 is 11.6 Å². The highest BCUT2D eigenvalue weighted by molar-refractivity contribution is 6.30. The van der Waals surface area contributed by atoms with Gasteiger partial charge < -0.3 is 11.1 Å². The van der Waals surface area contributed by atoms with Gasteiger partial charge in [-0.2, -0.15) is 0 Å². The molecular formula is C17H16ClN3. The predicted molar refractivity (Wildman–Crippen MR) is 90.4 cm³/mol. The van der Waals surface area contributed by atoms with Crippen molar-refractivity contribution in [1.29, 1.82) is 0 Å². The minimum Gasteiger partial charge on any atom is -0.398 e. The number of hydrogen-bond acceptors (Lipinski definition) is 3. The zero-order valence-electron chi connectivity index (χ0n) is 11.9. The molecule has 0 spiro atoms. The molecule has 2 aromatic carbocycles. The molecule has 0 bridgehead atoms. The van der Waals surface area contributed by atoms with Gasteiger partial charge >= 0.3 is 0 Å². The number of benzene rings is 2. The fraction of sp³-hybridized carbons (Fsp3) is 0.118. The van der Waals surface area contributed by atoms with E-state index in [0.29, 0.717) is 5.02 Å². The molecule has 21 heavy (non-hydrogen) atoms. The molecule has 0 aliphatic carbocycles. The van der Waals surface area contributed by atoms with Crippen molar-refractivity contribution in [3.8, 4) is 0 Å². The fourth-order valence-electron chi connectivity index (χ4n) is 2.35. The summed E-state index contributed by atoms with van der Waals surface area (Å²) >= 11 is 6.08. The maximum Gasteiger partial charge on any atom is 0.0466 e. The number of halogens is 1. The minimum absolute atomic E-state index is 0.709. The monoisotopic (exact) mass is 297 g/mol. The lowest BCUT2D eigenvalue weighted by Crippen LogP contribution is -1.97. The zero-order valence-corrected chi connectivity index (χ0v) is 12.7. The van der Waals surface area contributed by atoms with Crippen LogP contribution in [0.25, 0.3) is 10.8 Å². The molecule has 1 aromatic heterocycles. The van der Waals surface area contributed by atoms with Crippen LogP contribution in [0.4, 0.5) is 17.1 Å². The number of hydrogen-bond donors (Lipinski definition) is 2. The number of fused-ring (bicyclic) bond motifs is 1. The second-order valence-corrected chi connectivity index (χ2v) is 5.59. The molecule has 0 aliphatic rings. The number of nitrogens with two attached hydrogens (primary N) is 1. The number of nitrogens with zero attached hydrogens (tertiary/aromatic N) is 1. The van der Waals surface area contributed by atoms with E-state index < -0.39 is 0 Å². The molecule has 0 unspecified atom stereocenters. The van der Waals surface area contributed by atoms with E-state index >= 15 is 0 Å². The molecule has 106 valence electrons. The molecule has 0 fully saturated rings. The van der Waals surface area contributed by atoms with Crippen LogP contribution in [-0.2, 0) is 0 Å². The van der Waals surface area contributed by atoms with Crippen molar-refractivity contribution >= 4 is 39.4 Å². The normalized spacial score (nSPS) is 10.8. The number of rotatable bonds is 2. The van der Waals surface area contributed by atoms with Crippen LogP contribution < -0.4 is 11.1 Å². The molecule has 3 rings (SSSR count). The molecule has 1 heterocycles. The van der Waals surface area contributed by atoms with Crippen LogP contribution in [-0.4, -0.2) is 4.98 Å². The minimum atomic E-state index is 0.709. The molecule has 0 atom stereocenters. The average Bonchev–Trinajstić information content (AvgIpc) is 2.46. The van der Waals surface area contributed by atoms with Gasteiger partial charge in [-0.15, -0.1) is 0 Å². The summed E-state index contributed by atoms with van der Waals surface area (Å²) in [5.41, 5.74) is 10.8. The van der Waals surface area contributed by atoms with Crippen molar-refractivity contribution in [3.05, 3.63) is 58.9 Å². The van der Waals surface area contributed by atoms with Crippen LogP contribution in [0.15, 0.2) is 42.6 Å². The van der Waals surface area contributed by atoms with E-state index in [9.17, 15) is 0 Å². The lowest BCUT2D eigenvalue weighted by molar-refractivity contribution is 1.22. The Morgan fingerprint density at radius 1 is 1.00 bits per heavy atom. The topological polar surface area (TPSA) is 50.9 Å². The van der Waals surface area contributed by atoms with Gasteiger partial charge in [0, 0.05) is 44.7 Å². The first-order valence-electron chi connectivity index (χ1n) is 6.72. The standard InChI is InChI=1S/C17H16ClN3/c1-10-3-4-12(18)8-17(10)21-16-6-5-15(19)14-9-20-11(2)7-13(14)16/h3-9,21H,19H2,1-2H3. The summed E-state index contributed by atoms with van der Waals surface area (Å²) in [7, 11) is 0. The summed E-state index contributed by atoms with van der Waals surface area (Å²) in [6, 6.07) is 11.7. The molecule has 0 saturated heterocycles. The van der Waals surface area contributed by atoms with E-state index in [-0.39, 0.29) is 0 Å². The summed E-state index contributed by atoms with van der Waals surface area (Å²) in [6.07, 6.45) is 1.82. The molecule has 3 nitrogen and oxygen atoms in total. The lowest BCUT2D eigenvalue weighted by atomic mass is 10.1. The Bertz CT molecular complexity index is 828. The van der Waals surface area contributed by atoms with Crippen molar-refractivity contribution < 1.29 is 0 Å². The Kier molecular flexibility index (Phi) is 3.43. The van der Waals surface area contributed by atoms with Crippen LogP contribution in [0, 0.1) is 13.8 Å². The summed E-state index contributed by atoms with van der Waals surface area (Å²) < 4.78 is 0. The largest absolute Gasteiger partial charge is 0.398 e. The first-order chi connectivity index (χ1) is 10.0. The van der Waals surface area contributed by atoms with E-state index in [4.69, 9.17) is 17.3 Å². The van der Waals surface area contributed by atoms with Crippen molar-refractivity contribution in [2.75, 3.05) is 11.1 Å². The lowest BCUT2D eigenvalue weighted by Gasteiger charge is -2.14. The second-order valence-electron chi connectivity index (χ2n) is 5.16. The molecule has 3 N–H and O–H groups in total. The maximum absolute atomic E-state index is 6.08. The molecule has 3 aromatic rings. The van der Waals surface area contributed by atoms with Crippen LogP contribution in [0.5, 0.6) is 0 Å². The van der Waals surface area contributed by atoms with Crippen molar-refractivity contribution in [3.63, 3.8) is 0 Å². The first kappa shape index (κ1) is 13.7. The zero-order chi connectivity index (χ0) is 15.0. The molecule has 0 amide bonds. The Hall–Kier alpha value is -2.26. The average molecular weight is 298 g/mol. The number of nitrogen functional groups attached to an aromatic ring is 1. The second kappa shape index (κ2) is 5.26. The van der Waals surface area contributed by atoms with Gasteiger partial charge in [0.05, 0.1) is 0 Å². The van der Waals surface area contributed by atoms with Gasteiger partial charge in [0.2, 0.25) is 0 Å². The number of pyridine rings is 1. The van der Waals surface area contributed by atoms with Crippen LogP contribution in [0.3, 0.4) is 0 Å². The third-order valence-electron chi connectivity index (χ3n) is 3.54. The van der Waals surface area contributed by atoms with Crippen molar-refractivity contribution in [1.82, 2.24) is 4.98 Å². The quantitative estimate of drug-likeness (QED) is 0.666. The molecule has 4 heteroatoms. The van der Waals surface area contributed by atoms with Gasteiger partial charge in [-0.25, -0.2) is 0 Å². The SMILES string of the molecule is Cc1cc2c(Nc3cc(Cl)ccc3C)ccc(N)c2cn1. The van der Waals surface area contributed by atoms with E-state index in [1.807, 2.05) is 56.4 Å². The first-order valence-corrected chi connectivity index (χ1v) is 7.10. The van der Waals surface area contributed by atoms with E-state index in [0.717, 1.165) is 39.1 Å². The number of nitrogens with one attached hydrogen (secondary N) is 1. The van der Waals surface area contributed by atoms with E-state index in [2.05, 4.69) is 10.3 Å². The summed E-state index contributed by atoms with van der Waals surface area (Å²) in [5, 5.41) is 6.16. The number of aromatic nitrogens is 1. The molecule has 0 saturated carbocycles. The third-order valence-corrected chi connectivity index (χ3v) is 3.78. The molecular weight excluding hydrogens is 282 g/mol. The van der Waals surface area contributed by atoms with Gasteiger partial charge in [0.25, 0.3) is 0 Å².